The highest BCUT2D eigenvalue weighted by Crippen LogP contribution is 2.75. The molecule has 14 nitrogen and oxygen atoms in total. The van der Waals surface area contributed by atoms with Crippen LogP contribution in [0.4, 0.5) is 0 Å². The average molecular weight is 823 g/mol. The summed E-state index contributed by atoms with van der Waals surface area (Å²) in [6.45, 7) is 17.6. The van der Waals surface area contributed by atoms with Gasteiger partial charge in [0.15, 0.2) is 12.4 Å². The Morgan fingerprint density at radius 3 is 2.05 bits per heavy atom. The number of hydrogen-bond donors (Lipinski definition) is 7. The molecule has 0 unspecified atom stereocenters. The highest BCUT2D eigenvalue weighted by molar-refractivity contribution is 5.77. The zero-order valence-electron chi connectivity index (χ0n) is 35.8. The van der Waals surface area contributed by atoms with Crippen molar-refractivity contribution in [2.24, 2.45) is 50.2 Å². The van der Waals surface area contributed by atoms with Gasteiger partial charge in [-0.2, -0.15) is 0 Å². The molecule has 58 heavy (non-hydrogen) atoms. The van der Waals surface area contributed by atoms with Gasteiger partial charge in [0.25, 0.3) is 0 Å². The van der Waals surface area contributed by atoms with Crippen molar-refractivity contribution >= 4 is 11.9 Å². The number of ether oxygens (including phenoxy) is 5. The second-order valence-electron chi connectivity index (χ2n) is 21.1. The summed E-state index contributed by atoms with van der Waals surface area (Å²) in [7, 11) is 0. The van der Waals surface area contributed by atoms with Gasteiger partial charge < -0.3 is 59.4 Å². The van der Waals surface area contributed by atoms with Gasteiger partial charge in [-0.05, 0) is 106 Å². The fraction of sp³-hybridized carbons (Fsp3) is 0.909. The summed E-state index contributed by atoms with van der Waals surface area (Å²) in [5.41, 5.74) is -1.47. The second-order valence-corrected chi connectivity index (χ2v) is 21.1. The molecule has 14 heteroatoms. The third-order valence-electron chi connectivity index (χ3n) is 17.9. The van der Waals surface area contributed by atoms with E-state index >= 15 is 0 Å². The number of aliphatic hydroxyl groups is 7. The molecule has 330 valence electrons. The maximum atomic E-state index is 14.0. The molecule has 4 saturated carbocycles. The molecular weight excluding hydrogens is 752 g/mol. The Bertz CT molecular complexity index is 1620. The predicted octanol–water partition coefficient (Wildman–Crippen LogP) is 2.89. The number of allylic oxidation sites excluding steroid dienone is 2. The molecule has 2 heterocycles. The van der Waals surface area contributed by atoms with E-state index in [1.54, 1.807) is 13.8 Å². The first-order chi connectivity index (χ1) is 26.9. The van der Waals surface area contributed by atoms with Crippen LogP contribution in [-0.2, 0) is 33.3 Å². The molecule has 0 aromatic carbocycles. The number of fused-ring (bicyclic) bond motifs is 7. The normalized spacial score (nSPS) is 55.4. The molecule has 6 fully saturated rings. The van der Waals surface area contributed by atoms with E-state index in [2.05, 4.69) is 33.8 Å². The summed E-state index contributed by atoms with van der Waals surface area (Å²) in [5, 5.41) is 76.9. The van der Waals surface area contributed by atoms with E-state index in [1.165, 1.54) is 12.5 Å². The standard InChI is InChI=1S/C44H70O14/c1-21-30(48)31(49)33(51)37(55-21)58-38(53)40(5)15-14-39(4)16-17-42(7)24(25(39)19-40)10-11-27-43(42,8)13-12-26-41(6,28(46)18-29(47)44(26,27)9)20-54-36-34(52)32(50)35(22(2)56-36)57-23(3)45/h10,21-22,25-37,46-52H,11-20H2,1-9H3/t21-,22-,25-,26+,27-,28-,29-,30-,31+,32-,33+,34+,35-,36+,37-,39+,40+,41-,42+,43+,44-/m0/s1. The molecule has 0 aromatic rings. The van der Waals surface area contributed by atoms with Gasteiger partial charge >= 0.3 is 11.9 Å². The maximum absolute atomic E-state index is 14.0. The van der Waals surface area contributed by atoms with Crippen molar-refractivity contribution in [2.75, 3.05) is 6.61 Å². The average Bonchev–Trinajstić information content (AvgIpc) is 3.15. The SMILES string of the molecule is CC(=O)O[C@@H]1[C@@H](O)[C@@H](O)[C@H](OC[C@@]2(C)[C@H]3CC[C@]4(C)[C@H](CC=C5[C@@H]6C[C@](C)(C(=O)O[C@@H]7O[C@@H](C)[C@H](O)[C@@H](O)[C@H]7O)CC[C@]6(C)CC[C@]54C)[C@@]3(C)[C@@H](O)C[C@@H]2O)O[C@H]1C. The number of carbonyl (C=O) groups excluding carboxylic acids is 2. The number of hydrogen-bond acceptors (Lipinski definition) is 14. The Morgan fingerprint density at radius 1 is 0.741 bits per heavy atom. The van der Waals surface area contributed by atoms with Crippen LogP contribution < -0.4 is 0 Å². The number of carbonyl (C=O) groups is 2. The first-order valence-electron chi connectivity index (χ1n) is 21.7. The van der Waals surface area contributed by atoms with E-state index in [1.807, 2.05) is 13.8 Å². The lowest BCUT2D eigenvalue weighted by Crippen LogP contribution is -2.69. The van der Waals surface area contributed by atoms with Crippen LogP contribution in [0, 0.1) is 50.2 Å². The molecule has 2 saturated heterocycles. The molecule has 0 bridgehead atoms. The minimum absolute atomic E-state index is 0.0127. The molecule has 0 amide bonds. The molecule has 21 atom stereocenters. The smallest absolute Gasteiger partial charge is 0.314 e. The predicted molar refractivity (Wildman–Crippen MR) is 207 cm³/mol. The van der Waals surface area contributed by atoms with Crippen LogP contribution in [0.25, 0.3) is 0 Å². The molecule has 2 aliphatic heterocycles. The summed E-state index contributed by atoms with van der Waals surface area (Å²) in [4.78, 5) is 25.7. The monoisotopic (exact) mass is 822 g/mol. The lowest BCUT2D eigenvalue weighted by Gasteiger charge is -2.72. The third-order valence-corrected chi connectivity index (χ3v) is 17.9. The fourth-order valence-corrected chi connectivity index (χ4v) is 13.6. The lowest BCUT2D eigenvalue weighted by molar-refractivity contribution is -0.315. The van der Waals surface area contributed by atoms with Crippen molar-refractivity contribution in [1.29, 1.82) is 0 Å². The van der Waals surface area contributed by atoms with Gasteiger partial charge in [0.1, 0.15) is 30.5 Å². The van der Waals surface area contributed by atoms with Gasteiger partial charge in [0.05, 0.1) is 36.4 Å². The van der Waals surface area contributed by atoms with E-state index in [9.17, 15) is 45.3 Å². The van der Waals surface area contributed by atoms with Crippen LogP contribution in [0.2, 0.25) is 0 Å². The number of aliphatic hydroxyl groups excluding tert-OH is 7. The Balaban J connectivity index is 1.13. The van der Waals surface area contributed by atoms with E-state index in [0.717, 1.165) is 38.5 Å². The van der Waals surface area contributed by atoms with E-state index in [4.69, 9.17) is 23.7 Å². The molecule has 5 aliphatic carbocycles. The number of esters is 2. The quantitative estimate of drug-likeness (QED) is 0.151. The van der Waals surface area contributed by atoms with Gasteiger partial charge in [-0.3, -0.25) is 9.59 Å². The number of rotatable bonds is 6. The van der Waals surface area contributed by atoms with Gasteiger partial charge in [0, 0.05) is 24.2 Å². The van der Waals surface area contributed by atoms with Gasteiger partial charge in [-0.1, -0.05) is 46.3 Å². The van der Waals surface area contributed by atoms with E-state index < -0.39 is 102 Å². The van der Waals surface area contributed by atoms with Crippen LogP contribution in [0.3, 0.4) is 0 Å². The van der Waals surface area contributed by atoms with Crippen LogP contribution in [0.15, 0.2) is 11.6 Å². The molecule has 7 rings (SSSR count). The van der Waals surface area contributed by atoms with E-state index in [-0.39, 0.29) is 47.0 Å². The topological polar surface area (TPSA) is 222 Å². The van der Waals surface area contributed by atoms with Crippen LogP contribution >= 0.6 is 0 Å². The molecule has 7 aliphatic rings. The zero-order valence-corrected chi connectivity index (χ0v) is 35.8. The Hall–Kier alpha value is -1.72. The van der Waals surface area contributed by atoms with Crippen LogP contribution in [0.1, 0.15) is 120 Å². The van der Waals surface area contributed by atoms with Crippen molar-refractivity contribution in [2.45, 2.75) is 194 Å². The highest BCUT2D eigenvalue weighted by atomic mass is 16.7. The Morgan fingerprint density at radius 2 is 1.38 bits per heavy atom. The van der Waals surface area contributed by atoms with Crippen molar-refractivity contribution in [3.05, 3.63) is 11.6 Å². The Kier molecular flexibility index (Phi) is 11.5. The molecular formula is C44H70O14. The fourth-order valence-electron chi connectivity index (χ4n) is 13.6. The first-order valence-corrected chi connectivity index (χ1v) is 21.7. The van der Waals surface area contributed by atoms with Crippen LogP contribution in [0.5, 0.6) is 0 Å². The summed E-state index contributed by atoms with van der Waals surface area (Å²) in [5.74, 6) is -1.11. The van der Waals surface area contributed by atoms with Crippen molar-refractivity contribution in [3.63, 3.8) is 0 Å². The van der Waals surface area contributed by atoms with E-state index in [0.29, 0.717) is 12.8 Å². The summed E-state index contributed by atoms with van der Waals surface area (Å²) < 4.78 is 28.9. The van der Waals surface area contributed by atoms with Crippen molar-refractivity contribution in [3.8, 4) is 0 Å². The molecule has 7 N–H and O–H groups in total. The van der Waals surface area contributed by atoms with Gasteiger partial charge in [-0.15, -0.1) is 0 Å². The summed E-state index contributed by atoms with van der Waals surface area (Å²) in [6.07, 6.45) is -5.47. The second kappa shape index (κ2) is 15.0. The minimum atomic E-state index is -1.57. The summed E-state index contributed by atoms with van der Waals surface area (Å²) >= 11 is 0. The molecule has 0 radical (unpaired) electrons. The highest BCUT2D eigenvalue weighted by Gasteiger charge is 2.71. The van der Waals surface area contributed by atoms with Crippen molar-refractivity contribution in [1.82, 2.24) is 0 Å². The maximum Gasteiger partial charge on any atom is 0.314 e. The molecule has 0 aromatic heterocycles. The van der Waals surface area contributed by atoms with Gasteiger partial charge in [0.2, 0.25) is 6.29 Å². The summed E-state index contributed by atoms with van der Waals surface area (Å²) in [6, 6.07) is 0. The molecule has 0 spiro atoms. The van der Waals surface area contributed by atoms with Crippen molar-refractivity contribution < 1.29 is 69.0 Å². The Labute approximate surface area is 342 Å². The lowest BCUT2D eigenvalue weighted by atomic mass is 9.33. The van der Waals surface area contributed by atoms with Gasteiger partial charge in [-0.25, -0.2) is 0 Å². The largest absolute Gasteiger partial charge is 0.457 e. The minimum Gasteiger partial charge on any atom is -0.457 e. The first kappa shape index (κ1) is 44.3. The third kappa shape index (κ3) is 6.56. The zero-order chi connectivity index (χ0) is 42.7. The van der Waals surface area contributed by atoms with Crippen LogP contribution in [-0.4, -0.2) is 128 Å².